The van der Waals surface area contributed by atoms with E-state index in [0.717, 1.165) is 38.8 Å². The van der Waals surface area contributed by atoms with Gasteiger partial charge in [-0.3, -0.25) is 0 Å². The van der Waals surface area contributed by atoms with Crippen molar-refractivity contribution in [2.24, 2.45) is 5.92 Å². The van der Waals surface area contributed by atoms with Gasteiger partial charge in [-0.1, -0.05) is 12.2 Å². The number of aliphatic carboxylic acids is 1. The quantitative estimate of drug-likeness (QED) is 0.562. The molecule has 0 radical (unpaired) electrons. The maximum Gasteiger partial charge on any atom is 0.331 e. The molecule has 0 aromatic carbocycles. The van der Waals surface area contributed by atoms with Crippen LogP contribution in [0.4, 0.5) is 0 Å². The average molecular weight is 402 g/mol. The standard InChI is InChI=1S/C22H27NO2S2/c1-15-9-12-26-20(15)19(21-16(2)10-13-27-21)8-5-11-23-14-17-6-3-4-7-18(17)22(24)25/h7-10,12-13,17,23H,3-6,11,14H2,1-2H3,(H,24,25). The number of allylic oxidation sites excluding steroid dienone is 1. The summed E-state index contributed by atoms with van der Waals surface area (Å²) < 4.78 is 0. The van der Waals surface area contributed by atoms with Crippen molar-refractivity contribution in [1.82, 2.24) is 5.32 Å². The van der Waals surface area contributed by atoms with Gasteiger partial charge in [0.25, 0.3) is 0 Å². The Hall–Kier alpha value is -1.69. The van der Waals surface area contributed by atoms with Gasteiger partial charge in [-0.05, 0) is 80.1 Å². The van der Waals surface area contributed by atoms with Crippen LogP contribution in [0.2, 0.25) is 0 Å². The highest BCUT2D eigenvalue weighted by Gasteiger charge is 2.22. The number of hydrogen-bond donors (Lipinski definition) is 2. The van der Waals surface area contributed by atoms with Gasteiger partial charge in [0.05, 0.1) is 0 Å². The van der Waals surface area contributed by atoms with Crippen LogP contribution in [0.15, 0.2) is 40.6 Å². The van der Waals surface area contributed by atoms with E-state index in [1.54, 1.807) is 22.7 Å². The molecule has 3 nitrogen and oxygen atoms in total. The summed E-state index contributed by atoms with van der Waals surface area (Å²) >= 11 is 3.60. The van der Waals surface area contributed by atoms with Gasteiger partial charge >= 0.3 is 5.97 Å². The lowest BCUT2D eigenvalue weighted by Crippen LogP contribution is -2.28. The first-order valence-electron chi connectivity index (χ1n) is 9.51. The third-order valence-electron chi connectivity index (χ3n) is 5.08. The Morgan fingerprint density at radius 2 is 1.89 bits per heavy atom. The van der Waals surface area contributed by atoms with Crippen molar-refractivity contribution >= 4 is 34.2 Å². The van der Waals surface area contributed by atoms with Crippen LogP contribution in [0.1, 0.15) is 46.6 Å². The fourth-order valence-electron chi connectivity index (χ4n) is 3.60. The molecule has 1 aliphatic carbocycles. The van der Waals surface area contributed by atoms with Gasteiger partial charge in [0.2, 0.25) is 0 Å². The molecule has 0 bridgehead atoms. The Morgan fingerprint density at radius 3 is 2.44 bits per heavy atom. The molecule has 0 saturated carbocycles. The lowest BCUT2D eigenvalue weighted by Gasteiger charge is -2.21. The molecular weight excluding hydrogens is 374 g/mol. The van der Waals surface area contributed by atoms with Gasteiger partial charge in [0.1, 0.15) is 0 Å². The van der Waals surface area contributed by atoms with E-state index in [1.807, 2.05) is 6.08 Å². The molecule has 3 rings (SSSR count). The first-order valence-corrected chi connectivity index (χ1v) is 11.3. The molecule has 1 atom stereocenters. The van der Waals surface area contributed by atoms with Gasteiger partial charge in [0, 0.05) is 33.4 Å². The van der Waals surface area contributed by atoms with Crippen LogP contribution in [0.5, 0.6) is 0 Å². The smallest absolute Gasteiger partial charge is 0.331 e. The Labute approximate surface area is 169 Å². The fourth-order valence-corrected chi connectivity index (χ4v) is 5.61. The monoisotopic (exact) mass is 401 g/mol. The van der Waals surface area contributed by atoms with Crippen LogP contribution >= 0.6 is 22.7 Å². The fraction of sp³-hybridized carbons (Fsp3) is 0.409. The van der Waals surface area contributed by atoms with Crippen LogP contribution in [0, 0.1) is 19.8 Å². The number of carboxylic acids is 1. The molecule has 1 unspecified atom stereocenters. The molecule has 144 valence electrons. The number of rotatable bonds is 8. The molecule has 0 spiro atoms. The lowest BCUT2D eigenvalue weighted by molar-refractivity contribution is -0.133. The molecule has 0 aliphatic heterocycles. The number of thiophene rings is 2. The molecule has 5 heteroatoms. The third-order valence-corrected chi connectivity index (χ3v) is 7.18. The lowest BCUT2D eigenvalue weighted by atomic mass is 9.87. The molecule has 2 heterocycles. The summed E-state index contributed by atoms with van der Waals surface area (Å²) in [7, 11) is 0. The summed E-state index contributed by atoms with van der Waals surface area (Å²) in [4.78, 5) is 14.1. The number of aryl methyl sites for hydroxylation is 2. The second-order valence-corrected chi connectivity index (χ2v) is 8.90. The molecule has 2 N–H and O–H groups in total. The van der Waals surface area contributed by atoms with Gasteiger partial charge < -0.3 is 10.4 Å². The first-order chi connectivity index (χ1) is 13.1. The minimum absolute atomic E-state index is 0.138. The second kappa shape index (κ2) is 9.49. The maximum atomic E-state index is 11.4. The first kappa shape index (κ1) is 20.1. The molecule has 2 aromatic heterocycles. The van der Waals surface area contributed by atoms with Crippen molar-refractivity contribution < 1.29 is 9.90 Å². The summed E-state index contributed by atoms with van der Waals surface area (Å²) in [6.07, 6.45) is 8.11. The summed E-state index contributed by atoms with van der Waals surface area (Å²) in [6.45, 7) is 5.95. The van der Waals surface area contributed by atoms with Gasteiger partial charge in [-0.25, -0.2) is 4.79 Å². The van der Waals surface area contributed by atoms with Gasteiger partial charge in [-0.15, -0.1) is 22.7 Å². The van der Waals surface area contributed by atoms with Crippen molar-refractivity contribution in [3.8, 4) is 0 Å². The largest absolute Gasteiger partial charge is 0.478 e. The summed E-state index contributed by atoms with van der Waals surface area (Å²) in [5, 5.41) is 17.1. The van der Waals surface area contributed by atoms with E-state index in [2.05, 4.69) is 48.1 Å². The van der Waals surface area contributed by atoms with Crippen LogP contribution < -0.4 is 5.32 Å². The predicted molar refractivity (Wildman–Crippen MR) is 116 cm³/mol. The van der Waals surface area contributed by atoms with Crippen molar-refractivity contribution in [1.29, 1.82) is 0 Å². The number of hydrogen-bond acceptors (Lipinski definition) is 4. The number of carbonyl (C=O) groups is 1. The highest BCUT2D eigenvalue weighted by Crippen LogP contribution is 2.35. The van der Waals surface area contributed by atoms with Crippen LogP contribution in [-0.2, 0) is 4.79 Å². The van der Waals surface area contributed by atoms with E-state index < -0.39 is 5.97 Å². The number of carboxylic acid groups (broad SMARTS) is 1. The van der Waals surface area contributed by atoms with Gasteiger partial charge in [-0.2, -0.15) is 0 Å². The molecule has 27 heavy (non-hydrogen) atoms. The molecule has 0 fully saturated rings. The van der Waals surface area contributed by atoms with E-state index >= 15 is 0 Å². The molecule has 0 saturated heterocycles. The predicted octanol–water partition coefficient (Wildman–Crippen LogP) is 5.65. The van der Waals surface area contributed by atoms with E-state index in [9.17, 15) is 9.90 Å². The van der Waals surface area contributed by atoms with Crippen LogP contribution in [0.3, 0.4) is 0 Å². The third kappa shape index (κ3) is 4.98. The topological polar surface area (TPSA) is 49.3 Å². The zero-order chi connectivity index (χ0) is 19.2. The summed E-state index contributed by atoms with van der Waals surface area (Å²) in [6, 6.07) is 4.36. The van der Waals surface area contributed by atoms with E-state index in [-0.39, 0.29) is 5.92 Å². The average Bonchev–Trinajstić information content (AvgIpc) is 3.27. The van der Waals surface area contributed by atoms with Crippen molar-refractivity contribution in [3.63, 3.8) is 0 Å². The maximum absolute atomic E-state index is 11.4. The Kier molecular flexibility index (Phi) is 7.05. The zero-order valence-corrected chi connectivity index (χ0v) is 17.6. The highest BCUT2D eigenvalue weighted by molar-refractivity contribution is 7.14. The highest BCUT2D eigenvalue weighted by atomic mass is 32.1. The second-order valence-electron chi connectivity index (χ2n) is 7.07. The Bertz CT molecular complexity index is 802. The van der Waals surface area contributed by atoms with Crippen LogP contribution in [-0.4, -0.2) is 24.2 Å². The van der Waals surface area contributed by atoms with Gasteiger partial charge in [0.15, 0.2) is 0 Å². The normalized spacial score (nSPS) is 16.8. The summed E-state index contributed by atoms with van der Waals surface area (Å²) in [5.41, 5.74) is 4.57. The molecule has 2 aromatic rings. The van der Waals surface area contributed by atoms with E-state index in [4.69, 9.17) is 0 Å². The van der Waals surface area contributed by atoms with E-state index in [0.29, 0.717) is 5.57 Å². The SMILES string of the molecule is Cc1ccsc1C(=CCCNCC1CCCC=C1C(=O)O)c1sccc1C. The molecule has 1 aliphatic rings. The van der Waals surface area contributed by atoms with Crippen molar-refractivity contribution in [2.75, 3.05) is 13.1 Å². The Balaban J connectivity index is 1.62. The number of nitrogens with one attached hydrogen (secondary N) is 1. The van der Waals surface area contributed by atoms with Crippen molar-refractivity contribution in [2.45, 2.75) is 39.5 Å². The summed E-state index contributed by atoms with van der Waals surface area (Å²) in [5.74, 6) is -0.621. The molecule has 0 amide bonds. The Morgan fingerprint density at radius 1 is 1.22 bits per heavy atom. The van der Waals surface area contributed by atoms with E-state index in [1.165, 1.54) is 26.5 Å². The minimum Gasteiger partial charge on any atom is -0.478 e. The van der Waals surface area contributed by atoms with Crippen LogP contribution in [0.25, 0.3) is 5.57 Å². The zero-order valence-electron chi connectivity index (χ0n) is 16.0. The molecular formula is C22H27NO2S2. The van der Waals surface area contributed by atoms with Crippen molar-refractivity contribution in [3.05, 3.63) is 61.5 Å². The minimum atomic E-state index is -0.759.